The quantitative estimate of drug-likeness (QED) is 0.115. The van der Waals surface area contributed by atoms with E-state index in [9.17, 15) is 9.59 Å². The number of rotatable bonds is 23. The summed E-state index contributed by atoms with van der Waals surface area (Å²) >= 11 is 0. The van der Waals surface area contributed by atoms with E-state index in [0.29, 0.717) is 19.4 Å². The highest BCUT2D eigenvalue weighted by atomic mass is 16.7. The van der Waals surface area contributed by atoms with Gasteiger partial charge in [-0.1, -0.05) is 129 Å². The Morgan fingerprint density at radius 2 is 0.844 bits per heavy atom. The maximum Gasteiger partial charge on any atom is 0.332 e. The lowest BCUT2D eigenvalue weighted by atomic mass is 10.1. The van der Waals surface area contributed by atoms with Gasteiger partial charge in [-0.3, -0.25) is 4.79 Å². The van der Waals surface area contributed by atoms with Crippen LogP contribution in [0.15, 0.2) is 0 Å². The number of hydrogen-bond acceptors (Lipinski definition) is 3. The molecule has 32 heavy (non-hydrogen) atoms. The monoisotopic (exact) mass is 453 g/mol. The van der Waals surface area contributed by atoms with Crippen molar-refractivity contribution in [2.45, 2.75) is 162 Å². The van der Waals surface area contributed by atoms with Crippen molar-refractivity contribution in [1.82, 2.24) is 5.06 Å². The Balaban J connectivity index is 3.62. The van der Waals surface area contributed by atoms with Crippen LogP contribution >= 0.6 is 0 Å². The van der Waals surface area contributed by atoms with E-state index in [-0.39, 0.29) is 11.9 Å². The second kappa shape index (κ2) is 24.6. The van der Waals surface area contributed by atoms with E-state index in [1.807, 2.05) is 6.92 Å². The lowest BCUT2D eigenvalue weighted by Crippen LogP contribution is -2.33. The number of carbonyl (C=O) groups is 2. The number of hydroxylamine groups is 2. The molecule has 190 valence electrons. The molecule has 0 aromatic rings. The largest absolute Gasteiger partial charge is 0.338 e. The van der Waals surface area contributed by atoms with E-state index in [0.717, 1.165) is 25.7 Å². The molecule has 1 amide bonds. The van der Waals surface area contributed by atoms with Crippen LogP contribution in [0.4, 0.5) is 0 Å². The Bertz CT molecular complexity index is 425. The molecule has 0 unspecified atom stereocenters. The highest BCUT2D eigenvalue weighted by Gasteiger charge is 2.16. The summed E-state index contributed by atoms with van der Waals surface area (Å²) in [7, 11) is 0. The third-order valence-corrected chi connectivity index (χ3v) is 6.26. The van der Waals surface area contributed by atoms with Crippen molar-refractivity contribution in [3.05, 3.63) is 0 Å². The van der Waals surface area contributed by atoms with E-state index < -0.39 is 0 Å². The van der Waals surface area contributed by atoms with Crippen molar-refractivity contribution in [3.8, 4) is 0 Å². The fourth-order valence-electron chi connectivity index (χ4n) is 4.11. The van der Waals surface area contributed by atoms with E-state index in [4.69, 9.17) is 4.84 Å². The molecule has 0 aromatic carbocycles. The fraction of sp³-hybridized carbons (Fsp3) is 0.929. The molecule has 4 nitrogen and oxygen atoms in total. The standard InChI is InChI=1S/C28H55NO3/c1-4-7-9-11-13-15-16-18-20-22-24-26-28(31)32-29(6-3)27(30)25-23-21-19-17-14-12-10-8-5-2/h4-26H2,1-3H3. The average Bonchev–Trinajstić information content (AvgIpc) is 2.79. The van der Waals surface area contributed by atoms with E-state index >= 15 is 0 Å². The Morgan fingerprint density at radius 1 is 0.500 bits per heavy atom. The lowest BCUT2D eigenvalue weighted by molar-refractivity contribution is -0.197. The number of amides is 1. The summed E-state index contributed by atoms with van der Waals surface area (Å²) in [6.07, 6.45) is 25.8. The molecular weight excluding hydrogens is 398 g/mol. The molecule has 0 radical (unpaired) electrons. The van der Waals surface area contributed by atoms with Crippen LogP contribution in [0, 0.1) is 0 Å². The van der Waals surface area contributed by atoms with Crippen molar-refractivity contribution < 1.29 is 14.4 Å². The summed E-state index contributed by atoms with van der Waals surface area (Å²) < 4.78 is 0. The summed E-state index contributed by atoms with van der Waals surface area (Å²) in [5.41, 5.74) is 0. The summed E-state index contributed by atoms with van der Waals surface area (Å²) in [5, 5.41) is 1.27. The van der Waals surface area contributed by atoms with Crippen LogP contribution in [0.2, 0.25) is 0 Å². The molecule has 0 N–H and O–H groups in total. The number of unbranched alkanes of at least 4 members (excludes halogenated alkanes) is 18. The van der Waals surface area contributed by atoms with Crippen molar-refractivity contribution in [2.75, 3.05) is 6.54 Å². The molecular formula is C28H55NO3. The molecule has 0 aromatic heterocycles. The lowest BCUT2D eigenvalue weighted by Gasteiger charge is -2.19. The highest BCUT2D eigenvalue weighted by Crippen LogP contribution is 2.13. The molecule has 0 aliphatic rings. The predicted molar refractivity (Wildman–Crippen MR) is 136 cm³/mol. The van der Waals surface area contributed by atoms with Crippen LogP contribution in [0.3, 0.4) is 0 Å². The van der Waals surface area contributed by atoms with Crippen LogP contribution in [-0.4, -0.2) is 23.5 Å². The van der Waals surface area contributed by atoms with Gasteiger partial charge in [0.25, 0.3) is 5.91 Å². The van der Waals surface area contributed by atoms with Gasteiger partial charge in [-0.15, -0.1) is 0 Å². The normalized spacial score (nSPS) is 11.0. The van der Waals surface area contributed by atoms with Gasteiger partial charge < -0.3 is 4.84 Å². The van der Waals surface area contributed by atoms with Crippen molar-refractivity contribution in [2.24, 2.45) is 0 Å². The fourth-order valence-corrected chi connectivity index (χ4v) is 4.11. The second-order valence-corrected chi connectivity index (χ2v) is 9.42. The molecule has 0 aliphatic heterocycles. The summed E-state index contributed by atoms with van der Waals surface area (Å²) in [6.45, 7) is 6.79. The van der Waals surface area contributed by atoms with Gasteiger partial charge >= 0.3 is 5.97 Å². The van der Waals surface area contributed by atoms with Gasteiger partial charge in [-0.05, 0) is 19.8 Å². The van der Waals surface area contributed by atoms with Gasteiger partial charge in [-0.25, -0.2) is 4.79 Å². The first kappa shape index (κ1) is 30.9. The average molecular weight is 454 g/mol. The second-order valence-electron chi connectivity index (χ2n) is 9.42. The SMILES string of the molecule is CCCCCCCCCCCCCC(=O)ON(CC)C(=O)CCCCCCCCCCC. The Hall–Kier alpha value is -1.06. The smallest absolute Gasteiger partial charge is 0.332 e. The predicted octanol–water partition coefficient (Wildman–Crippen LogP) is 8.92. The van der Waals surface area contributed by atoms with E-state index in [1.165, 1.54) is 108 Å². The number of nitrogens with zero attached hydrogens (tertiary/aromatic N) is 1. The van der Waals surface area contributed by atoms with Gasteiger partial charge in [0.05, 0.1) is 6.54 Å². The first-order valence-electron chi connectivity index (χ1n) is 14.2. The van der Waals surface area contributed by atoms with Crippen LogP contribution in [0.5, 0.6) is 0 Å². The zero-order valence-corrected chi connectivity index (χ0v) is 21.9. The number of hydrogen-bond donors (Lipinski definition) is 0. The third-order valence-electron chi connectivity index (χ3n) is 6.26. The molecule has 4 heteroatoms. The topological polar surface area (TPSA) is 46.6 Å². The minimum Gasteiger partial charge on any atom is -0.338 e. The summed E-state index contributed by atoms with van der Waals surface area (Å²) in [4.78, 5) is 29.7. The minimum atomic E-state index is -0.261. The van der Waals surface area contributed by atoms with Crippen LogP contribution < -0.4 is 0 Å². The zero-order valence-electron chi connectivity index (χ0n) is 21.9. The molecule has 0 saturated carbocycles. The van der Waals surface area contributed by atoms with Crippen molar-refractivity contribution in [3.63, 3.8) is 0 Å². The third kappa shape index (κ3) is 20.8. The van der Waals surface area contributed by atoms with E-state index in [1.54, 1.807) is 0 Å². The first-order valence-corrected chi connectivity index (χ1v) is 14.2. The maximum atomic E-state index is 12.3. The molecule has 0 bridgehead atoms. The Kier molecular flexibility index (Phi) is 23.8. The Labute approximate surface area is 200 Å². The zero-order chi connectivity index (χ0) is 23.7. The summed E-state index contributed by atoms with van der Waals surface area (Å²) in [5.74, 6) is -0.314. The summed E-state index contributed by atoms with van der Waals surface area (Å²) in [6, 6.07) is 0. The minimum absolute atomic E-state index is 0.0530. The number of carbonyl (C=O) groups excluding carboxylic acids is 2. The van der Waals surface area contributed by atoms with Gasteiger partial charge in [0.15, 0.2) is 0 Å². The molecule has 0 atom stereocenters. The van der Waals surface area contributed by atoms with E-state index in [2.05, 4.69) is 13.8 Å². The molecule has 0 heterocycles. The van der Waals surface area contributed by atoms with Crippen molar-refractivity contribution >= 4 is 11.9 Å². The van der Waals surface area contributed by atoms with Gasteiger partial charge in [0.1, 0.15) is 0 Å². The molecule has 0 saturated heterocycles. The van der Waals surface area contributed by atoms with Crippen LogP contribution in [-0.2, 0) is 14.4 Å². The Morgan fingerprint density at radius 3 is 1.22 bits per heavy atom. The van der Waals surface area contributed by atoms with Gasteiger partial charge in [-0.2, -0.15) is 5.06 Å². The van der Waals surface area contributed by atoms with Gasteiger partial charge in [0.2, 0.25) is 0 Å². The molecule has 0 aliphatic carbocycles. The van der Waals surface area contributed by atoms with Crippen LogP contribution in [0.1, 0.15) is 162 Å². The molecule has 0 fully saturated rings. The van der Waals surface area contributed by atoms with Crippen LogP contribution in [0.25, 0.3) is 0 Å². The maximum absolute atomic E-state index is 12.3. The first-order chi connectivity index (χ1) is 15.7. The molecule has 0 spiro atoms. The highest BCUT2D eigenvalue weighted by molar-refractivity contribution is 5.78. The molecule has 0 rings (SSSR count). The van der Waals surface area contributed by atoms with Gasteiger partial charge in [0, 0.05) is 12.8 Å². The van der Waals surface area contributed by atoms with Crippen molar-refractivity contribution in [1.29, 1.82) is 0 Å².